The summed E-state index contributed by atoms with van der Waals surface area (Å²) in [5.41, 5.74) is 0.935. The van der Waals surface area contributed by atoms with Gasteiger partial charge in [-0.15, -0.1) is 0 Å². The quantitative estimate of drug-likeness (QED) is 0.837. The highest BCUT2D eigenvalue weighted by Crippen LogP contribution is 2.34. The van der Waals surface area contributed by atoms with E-state index in [0.717, 1.165) is 37.7 Å². The molecule has 4 nitrogen and oxygen atoms in total. The van der Waals surface area contributed by atoms with Crippen molar-refractivity contribution in [2.24, 2.45) is 5.41 Å². The molecule has 0 bridgehead atoms. The number of amides is 2. The van der Waals surface area contributed by atoms with E-state index in [1.54, 1.807) is 12.1 Å². The van der Waals surface area contributed by atoms with Crippen LogP contribution in [0.2, 0.25) is 0 Å². The molecule has 2 amide bonds. The Morgan fingerprint density at radius 3 is 2.71 bits per heavy atom. The molecule has 2 rings (SSSR count). The summed E-state index contributed by atoms with van der Waals surface area (Å²) in [7, 11) is 0. The van der Waals surface area contributed by atoms with Crippen LogP contribution >= 0.6 is 0 Å². The second-order valence-corrected chi connectivity index (χ2v) is 7.02. The summed E-state index contributed by atoms with van der Waals surface area (Å²) in [4.78, 5) is 14.2. The fraction of sp³-hybridized carbons (Fsp3) is 0.632. The van der Waals surface area contributed by atoms with E-state index in [1.807, 2.05) is 17.9 Å². The van der Waals surface area contributed by atoms with Gasteiger partial charge in [0.05, 0.1) is 0 Å². The van der Waals surface area contributed by atoms with Crippen LogP contribution in [0, 0.1) is 11.2 Å². The van der Waals surface area contributed by atoms with Crippen molar-refractivity contribution in [2.45, 2.75) is 52.0 Å². The van der Waals surface area contributed by atoms with Crippen molar-refractivity contribution >= 4 is 6.03 Å². The van der Waals surface area contributed by atoms with Gasteiger partial charge in [-0.1, -0.05) is 19.1 Å². The van der Waals surface area contributed by atoms with Gasteiger partial charge in [-0.05, 0) is 62.1 Å². The summed E-state index contributed by atoms with van der Waals surface area (Å²) in [5, 5.41) is 12.6. The zero-order chi connectivity index (χ0) is 17.6. The van der Waals surface area contributed by atoms with Crippen LogP contribution < -0.4 is 5.32 Å². The predicted molar refractivity (Wildman–Crippen MR) is 93.3 cm³/mol. The average molecular weight is 336 g/mol. The first-order valence-electron chi connectivity index (χ1n) is 8.89. The first kappa shape index (κ1) is 18.7. The van der Waals surface area contributed by atoms with Gasteiger partial charge in [-0.2, -0.15) is 0 Å². The molecule has 5 heteroatoms. The van der Waals surface area contributed by atoms with E-state index in [4.69, 9.17) is 0 Å². The van der Waals surface area contributed by atoms with E-state index in [-0.39, 0.29) is 29.9 Å². The lowest BCUT2D eigenvalue weighted by molar-refractivity contribution is 0.0515. The Kier molecular flexibility index (Phi) is 6.60. The van der Waals surface area contributed by atoms with Crippen LogP contribution in [0.5, 0.6) is 0 Å². The molecule has 1 aliphatic heterocycles. The highest BCUT2D eigenvalue weighted by atomic mass is 19.1. The second-order valence-electron chi connectivity index (χ2n) is 7.02. The minimum absolute atomic E-state index is 0.0141. The van der Waals surface area contributed by atoms with Crippen molar-refractivity contribution in [3.8, 4) is 0 Å². The number of urea groups is 1. The Morgan fingerprint density at radius 1 is 1.42 bits per heavy atom. The molecule has 0 aromatic heterocycles. The summed E-state index contributed by atoms with van der Waals surface area (Å²) >= 11 is 0. The third-order valence-electron chi connectivity index (χ3n) is 5.32. The van der Waals surface area contributed by atoms with Gasteiger partial charge in [0.25, 0.3) is 0 Å². The largest absolute Gasteiger partial charge is 0.396 e. The molecule has 0 radical (unpaired) electrons. The minimum Gasteiger partial charge on any atom is -0.396 e. The third-order valence-corrected chi connectivity index (χ3v) is 5.32. The van der Waals surface area contributed by atoms with Crippen molar-refractivity contribution in [2.75, 3.05) is 19.7 Å². The molecule has 24 heavy (non-hydrogen) atoms. The normalized spacial score (nSPS) is 18.2. The number of aliphatic hydroxyl groups excluding tert-OH is 1. The van der Waals surface area contributed by atoms with E-state index >= 15 is 0 Å². The highest BCUT2D eigenvalue weighted by molar-refractivity contribution is 5.74. The zero-order valence-electron chi connectivity index (χ0n) is 14.7. The number of piperidine rings is 1. The van der Waals surface area contributed by atoms with E-state index in [2.05, 4.69) is 12.2 Å². The lowest BCUT2D eigenvalue weighted by Gasteiger charge is -2.40. The van der Waals surface area contributed by atoms with Gasteiger partial charge in [-0.3, -0.25) is 0 Å². The van der Waals surface area contributed by atoms with Crippen molar-refractivity contribution in [3.63, 3.8) is 0 Å². The Bertz CT molecular complexity index is 536. The van der Waals surface area contributed by atoms with E-state index < -0.39 is 0 Å². The number of aliphatic hydroxyl groups is 1. The topological polar surface area (TPSA) is 52.6 Å². The Balaban J connectivity index is 1.76. The molecule has 1 aliphatic rings. The van der Waals surface area contributed by atoms with Crippen molar-refractivity contribution < 1.29 is 14.3 Å². The van der Waals surface area contributed by atoms with Crippen LogP contribution in [0.25, 0.3) is 0 Å². The number of halogens is 1. The maximum atomic E-state index is 13.2. The fourth-order valence-electron chi connectivity index (χ4n) is 3.26. The van der Waals surface area contributed by atoms with Crippen LogP contribution in [-0.2, 0) is 6.42 Å². The number of nitrogens with one attached hydrogen (secondary N) is 1. The number of aryl methyl sites for hydroxylation is 1. The van der Waals surface area contributed by atoms with Crippen molar-refractivity contribution in [1.29, 1.82) is 0 Å². The van der Waals surface area contributed by atoms with Crippen LogP contribution in [0.4, 0.5) is 9.18 Å². The van der Waals surface area contributed by atoms with Crippen LogP contribution in [-0.4, -0.2) is 41.8 Å². The van der Waals surface area contributed by atoms with Gasteiger partial charge in [0.2, 0.25) is 0 Å². The number of carbonyl (C=O) groups excluding carboxylic acids is 1. The smallest absolute Gasteiger partial charge is 0.317 e. The third kappa shape index (κ3) is 4.94. The summed E-state index contributed by atoms with van der Waals surface area (Å²) < 4.78 is 13.2. The predicted octanol–water partition coefficient (Wildman–Crippen LogP) is 3.34. The van der Waals surface area contributed by atoms with E-state index in [9.17, 15) is 14.3 Å². The number of likely N-dealkylation sites (tertiary alicyclic amines) is 1. The molecule has 134 valence electrons. The van der Waals surface area contributed by atoms with Crippen molar-refractivity contribution in [3.05, 3.63) is 35.6 Å². The summed E-state index contributed by atoms with van der Waals surface area (Å²) in [5.74, 6) is -0.221. The van der Waals surface area contributed by atoms with Crippen LogP contribution in [0.15, 0.2) is 24.3 Å². The summed E-state index contributed by atoms with van der Waals surface area (Å²) in [6, 6.07) is 6.59. The molecule has 1 atom stereocenters. The number of hydrogen-bond acceptors (Lipinski definition) is 2. The Hall–Kier alpha value is -1.62. The van der Waals surface area contributed by atoms with Crippen LogP contribution in [0.3, 0.4) is 0 Å². The standard InChI is InChI=1S/C19H29FN2O2/c1-3-19(14-23)9-11-22(12-10-19)18(24)21-15(2)7-8-16-5-4-6-17(20)13-16/h4-6,13,15,23H,3,7-12,14H2,1-2H3,(H,21,24)/t15-/m1/s1. The summed E-state index contributed by atoms with van der Waals surface area (Å²) in [6.07, 6.45) is 4.17. The SMILES string of the molecule is CCC1(CO)CCN(C(=O)N[C@H](C)CCc2cccc(F)c2)CC1. The molecular formula is C19H29FN2O2. The molecule has 2 N–H and O–H groups in total. The number of rotatable bonds is 6. The minimum atomic E-state index is -0.221. The van der Waals surface area contributed by atoms with Gasteiger partial charge in [0.15, 0.2) is 0 Å². The molecule has 1 heterocycles. The first-order valence-corrected chi connectivity index (χ1v) is 8.89. The Labute approximate surface area is 144 Å². The highest BCUT2D eigenvalue weighted by Gasteiger charge is 2.34. The lowest BCUT2D eigenvalue weighted by atomic mass is 9.77. The molecule has 1 aromatic rings. The molecule has 1 aromatic carbocycles. The van der Waals surface area contributed by atoms with E-state index in [0.29, 0.717) is 13.1 Å². The van der Waals surface area contributed by atoms with Crippen LogP contribution in [0.1, 0.15) is 45.1 Å². The maximum Gasteiger partial charge on any atom is 0.317 e. The van der Waals surface area contributed by atoms with Gasteiger partial charge in [-0.25, -0.2) is 9.18 Å². The zero-order valence-corrected chi connectivity index (χ0v) is 14.7. The molecule has 1 fully saturated rings. The van der Waals surface area contributed by atoms with E-state index in [1.165, 1.54) is 6.07 Å². The number of hydrogen-bond donors (Lipinski definition) is 2. The molecule has 0 aliphatic carbocycles. The van der Waals surface area contributed by atoms with Gasteiger partial charge in [0.1, 0.15) is 5.82 Å². The average Bonchev–Trinajstić information content (AvgIpc) is 2.60. The lowest BCUT2D eigenvalue weighted by Crippen LogP contribution is -2.50. The second kappa shape index (κ2) is 8.47. The van der Waals surface area contributed by atoms with Crippen molar-refractivity contribution in [1.82, 2.24) is 10.2 Å². The molecule has 1 saturated heterocycles. The molecular weight excluding hydrogens is 307 g/mol. The number of carbonyl (C=O) groups is 1. The number of benzene rings is 1. The Morgan fingerprint density at radius 2 is 2.12 bits per heavy atom. The summed E-state index contributed by atoms with van der Waals surface area (Å²) in [6.45, 7) is 5.66. The number of nitrogens with zero attached hydrogens (tertiary/aromatic N) is 1. The maximum absolute atomic E-state index is 13.2. The molecule has 0 saturated carbocycles. The van der Waals surface area contributed by atoms with Gasteiger partial charge >= 0.3 is 6.03 Å². The molecule has 0 spiro atoms. The fourth-order valence-corrected chi connectivity index (χ4v) is 3.26. The van der Waals surface area contributed by atoms with Gasteiger partial charge in [0, 0.05) is 25.7 Å². The molecule has 0 unspecified atom stereocenters. The van der Waals surface area contributed by atoms with Gasteiger partial charge < -0.3 is 15.3 Å². The monoisotopic (exact) mass is 336 g/mol. The first-order chi connectivity index (χ1) is 11.5.